The van der Waals surface area contributed by atoms with Crippen LogP contribution in [0.2, 0.25) is 0 Å². The number of nitrogens with one attached hydrogen (secondary N) is 1. The largest absolute Gasteiger partial charge is 0.416 e. The van der Waals surface area contributed by atoms with Gasteiger partial charge in [-0.25, -0.2) is 0 Å². The van der Waals surface area contributed by atoms with Crippen molar-refractivity contribution in [3.63, 3.8) is 0 Å². The van der Waals surface area contributed by atoms with Crippen LogP contribution in [0.15, 0.2) is 77.7 Å². The van der Waals surface area contributed by atoms with Gasteiger partial charge in [0.25, 0.3) is 5.91 Å². The highest BCUT2D eigenvalue weighted by molar-refractivity contribution is 7.98. The van der Waals surface area contributed by atoms with Crippen LogP contribution in [0.4, 0.5) is 13.2 Å². The van der Waals surface area contributed by atoms with Crippen LogP contribution in [0.5, 0.6) is 0 Å². The van der Waals surface area contributed by atoms with Crippen molar-refractivity contribution >= 4 is 17.7 Å². The van der Waals surface area contributed by atoms with Gasteiger partial charge >= 0.3 is 6.18 Å². The van der Waals surface area contributed by atoms with E-state index in [2.05, 4.69) is 29.6 Å². The Morgan fingerprint density at radius 3 is 2.28 bits per heavy atom. The van der Waals surface area contributed by atoms with Crippen molar-refractivity contribution in [2.45, 2.75) is 30.3 Å². The first kappa shape index (κ1) is 21.0. The highest BCUT2D eigenvalue weighted by atomic mass is 32.2. The minimum absolute atomic E-state index is 0.0355. The van der Waals surface area contributed by atoms with Crippen molar-refractivity contribution in [1.82, 2.24) is 5.32 Å². The summed E-state index contributed by atoms with van der Waals surface area (Å²) in [6.45, 7) is 2.08. The molecule has 1 amide bonds. The summed E-state index contributed by atoms with van der Waals surface area (Å²) in [5, 5.41) is 2.66. The number of benzene rings is 3. The normalized spacial score (nSPS) is 11.3. The van der Waals surface area contributed by atoms with Crippen LogP contribution in [-0.4, -0.2) is 5.91 Å². The molecule has 0 aliphatic carbocycles. The maximum absolute atomic E-state index is 12.8. The lowest BCUT2D eigenvalue weighted by Gasteiger charge is -2.10. The number of hydrogen-bond acceptors (Lipinski definition) is 2. The standard InChI is InChI=1S/C23H20F3NOS/c1-16-5-11-21(12-6-16)29-15-17-7-9-19(10-8-17)22(28)27-14-18-3-2-4-20(13-18)23(24,25)26/h2-13H,14-15H2,1H3,(H,27,28). The topological polar surface area (TPSA) is 29.1 Å². The van der Waals surface area contributed by atoms with Gasteiger partial charge in [0.2, 0.25) is 0 Å². The molecule has 0 unspecified atom stereocenters. The molecular weight excluding hydrogens is 395 g/mol. The Morgan fingerprint density at radius 2 is 1.62 bits per heavy atom. The third kappa shape index (κ3) is 6.12. The molecule has 0 aliphatic rings. The van der Waals surface area contributed by atoms with Crippen molar-refractivity contribution < 1.29 is 18.0 Å². The SMILES string of the molecule is Cc1ccc(SCc2ccc(C(=O)NCc3cccc(C(F)(F)F)c3)cc2)cc1. The molecule has 3 rings (SSSR count). The van der Waals surface area contributed by atoms with Crippen LogP contribution in [0, 0.1) is 6.92 Å². The minimum Gasteiger partial charge on any atom is -0.348 e. The van der Waals surface area contributed by atoms with Crippen LogP contribution in [0.3, 0.4) is 0 Å². The molecule has 0 aromatic heterocycles. The van der Waals surface area contributed by atoms with Gasteiger partial charge in [0.05, 0.1) is 5.56 Å². The number of alkyl halides is 3. The molecule has 6 heteroatoms. The van der Waals surface area contributed by atoms with E-state index in [1.165, 1.54) is 16.5 Å². The Labute approximate surface area is 172 Å². The molecule has 0 fully saturated rings. The molecule has 1 N–H and O–H groups in total. The molecule has 0 saturated heterocycles. The van der Waals surface area contributed by atoms with Gasteiger partial charge in [-0.15, -0.1) is 11.8 Å². The first-order valence-corrected chi connectivity index (χ1v) is 10.0. The lowest BCUT2D eigenvalue weighted by molar-refractivity contribution is -0.137. The lowest BCUT2D eigenvalue weighted by atomic mass is 10.1. The van der Waals surface area contributed by atoms with Crippen molar-refractivity contribution in [3.05, 3.63) is 101 Å². The number of amides is 1. The molecule has 2 nitrogen and oxygen atoms in total. The van der Waals surface area contributed by atoms with Crippen LogP contribution < -0.4 is 5.32 Å². The molecule has 3 aromatic rings. The van der Waals surface area contributed by atoms with Gasteiger partial charge in [0, 0.05) is 22.8 Å². The van der Waals surface area contributed by atoms with E-state index in [1.54, 1.807) is 30.0 Å². The third-order valence-electron chi connectivity index (χ3n) is 4.35. The number of carbonyl (C=O) groups excluding carboxylic acids is 1. The molecular formula is C23H20F3NOS. The van der Waals surface area contributed by atoms with Gasteiger partial charge in [-0.1, -0.05) is 42.0 Å². The van der Waals surface area contributed by atoms with E-state index in [0.717, 1.165) is 23.4 Å². The van der Waals surface area contributed by atoms with Gasteiger partial charge in [0.15, 0.2) is 0 Å². The zero-order chi connectivity index (χ0) is 20.9. The summed E-state index contributed by atoms with van der Waals surface area (Å²) in [7, 11) is 0. The lowest BCUT2D eigenvalue weighted by Crippen LogP contribution is -2.23. The highest BCUT2D eigenvalue weighted by Crippen LogP contribution is 2.29. The molecule has 0 radical (unpaired) electrons. The van der Waals surface area contributed by atoms with Gasteiger partial charge in [0.1, 0.15) is 0 Å². The quantitative estimate of drug-likeness (QED) is 0.483. The number of rotatable bonds is 6. The predicted molar refractivity (Wildman–Crippen MR) is 110 cm³/mol. The molecule has 3 aromatic carbocycles. The molecule has 0 aliphatic heterocycles. The molecule has 29 heavy (non-hydrogen) atoms. The van der Waals surface area contributed by atoms with E-state index >= 15 is 0 Å². The Bertz CT molecular complexity index is 967. The Hall–Kier alpha value is -2.73. The summed E-state index contributed by atoms with van der Waals surface area (Å²) in [6, 6.07) is 20.5. The third-order valence-corrected chi connectivity index (χ3v) is 5.43. The molecule has 0 spiro atoms. The second-order valence-electron chi connectivity index (χ2n) is 6.68. The Morgan fingerprint density at radius 1 is 0.931 bits per heavy atom. The van der Waals surface area contributed by atoms with Crippen molar-refractivity contribution in [2.24, 2.45) is 0 Å². The summed E-state index contributed by atoms with van der Waals surface area (Å²) < 4.78 is 38.3. The first-order chi connectivity index (χ1) is 13.8. The van der Waals surface area contributed by atoms with Crippen LogP contribution in [-0.2, 0) is 18.5 Å². The van der Waals surface area contributed by atoms with Gasteiger partial charge < -0.3 is 5.32 Å². The van der Waals surface area contributed by atoms with E-state index in [9.17, 15) is 18.0 Å². The predicted octanol–water partition coefficient (Wildman–Crippen LogP) is 6.24. The number of carbonyl (C=O) groups is 1. The monoisotopic (exact) mass is 415 g/mol. The summed E-state index contributed by atoms with van der Waals surface area (Å²) in [5.74, 6) is 0.468. The Kier molecular flexibility index (Phi) is 6.64. The fourth-order valence-corrected chi connectivity index (χ4v) is 3.55. The average Bonchev–Trinajstić information content (AvgIpc) is 2.71. The second kappa shape index (κ2) is 9.18. The van der Waals surface area contributed by atoms with Crippen molar-refractivity contribution in [1.29, 1.82) is 0 Å². The molecule has 0 heterocycles. The summed E-state index contributed by atoms with van der Waals surface area (Å²) >= 11 is 1.71. The average molecular weight is 415 g/mol. The Balaban J connectivity index is 1.54. The number of thioether (sulfide) groups is 1. The molecule has 0 saturated carbocycles. The van der Waals surface area contributed by atoms with Crippen LogP contribution in [0.1, 0.15) is 32.6 Å². The van der Waals surface area contributed by atoms with E-state index < -0.39 is 11.7 Å². The minimum atomic E-state index is -4.40. The fraction of sp³-hybridized carbons (Fsp3) is 0.174. The summed E-state index contributed by atoms with van der Waals surface area (Å²) in [4.78, 5) is 13.5. The van der Waals surface area contributed by atoms with E-state index in [0.29, 0.717) is 11.1 Å². The van der Waals surface area contributed by atoms with E-state index in [1.807, 2.05) is 19.1 Å². The van der Waals surface area contributed by atoms with E-state index in [-0.39, 0.29) is 12.5 Å². The number of halogens is 3. The fourth-order valence-electron chi connectivity index (χ4n) is 2.70. The van der Waals surface area contributed by atoms with Gasteiger partial charge in [-0.05, 0) is 54.4 Å². The number of aryl methyl sites for hydroxylation is 1. The zero-order valence-corrected chi connectivity index (χ0v) is 16.6. The second-order valence-corrected chi connectivity index (χ2v) is 7.73. The summed E-state index contributed by atoms with van der Waals surface area (Å²) in [5.41, 5.74) is 2.46. The first-order valence-electron chi connectivity index (χ1n) is 9.04. The molecule has 150 valence electrons. The maximum Gasteiger partial charge on any atom is 0.416 e. The smallest absolute Gasteiger partial charge is 0.348 e. The van der Waals surface area contributed by atoms with E-state index in [4.69, 9.17) is 0 Å². The van der Waals surface area contributed by atoms with Crippen molar-refractivity contribution in [2.75, 3.05) is 0 Å². The van der Waals surface area contributed by atoms with Crippen LogP contribution in [0.25, 0.3) is 0 Å². The van der Waals surface area contributed by atoms with Gasteiger partial charge in [-0.2, -0.15) is 13.2 Å². The van der Waals surface area contributed by atoms with Gasteiger partial charge in [-0.3, -0.25) is 4.79 Å². The number of hydrogen-bond donors (Lipinski definition) is 1. The highest BCUT2D eigenvalue weighted by Gasteiger charge is 2.30. The van der Waals surface area contributed by atoms with Crippen LogP contribution >= 0.6 is 11.8 Å². The summed E-state index contributed by atoms with van der Waals surface area (Å²) in [6.07, 6.45) is -4.40. The molecule has 0 atom stereocenters. The van der Waals surface area contributed by atoms with Crippen molar-refractivity contribution in [3.8, 4) is 0 Å². The zero-order valence-electron chi connectivity index (χ0n) is 15.8. The molecule has 0 bridgehead atoms. The maximum atomic E-state index is 12.8.